The topological polar surface area (TPSA) is 63.9 Å². The summed E-state index contributed by atoms with van der Waals surface area (Å²) in [6, 6.07) is 19.0. The maximum Gasteiger partial charge on any atom is 0.209 e. The van der Waals surface area contributed by atoms with Gasteiger partial charge in [-0.2, -0.15) is 5.10 Å². The minimum atomic E-state index is 0.255. The van der Waals surface area contributed by atoms with Crippen LogP contribution in [-0.4, -0.2) is 43.6 Å². The molecule has 7 heteroatoms. The van der Waals surface area contributed by atoms with Gasteiger partial charge in [0.25, 0.3) is 0 Å². The summed E-state index contributed by atoms with van der Waals surface area (Å²) in [5.74, 6) is 0.255. The van der Waals surface area contributed by atoms with Crippen LogP contribution in [0.3, 0.4) is 0 Å². The molecule has 0 unspecified atom stereocenters. The molecule has 1 amide bonds. The minimum absolute atomic E-state index is 0.255. The summed E-state index contributed by atoms with van der Waals surface area (Å²) in [7, 11) is 0. The minimum Gasteiger partial charge on any atom is -0.345 e. The van der Waals surface area contributed by atoms with Crippen molar-refractivity contribution >= 4 is 18.4 Å². The smallest absolute Gasteiger partial charge is 0.209 e. The lowest BCUT2D eigenvalue weighted by Crippen LogP contribution is -2.31. The summed E-state index contributed by atoms with van der Waals surface area (Å²) >= 11 is 1.62. The molecule has 1 aliphatic rings. The van der Waals surface area contributed by atoms with Crippen molar-refractivity contribution in [3.63, 3.8) is 0 Å². The summed E-state index contributed by atoms with van der Waals surface area (Å²) in [6.07, 6.45) is 6.10. The summed E-state index contributed by atoms with van der Waals surface area (Å²) in [5.41, 5.74) is 7.54. The fourth-order valence-electron chi connectivity index (χ4n) is 4.40. The number of rotatable bonds is 6. The van der Waals surface area contributed by atoms with Crippen LogP contribution in [0.5, 0.6) is 0 Å². The lowest BCUT2D eigenvalue weighted by molar-refractivity contribution is -0.119. The molecule has 0 bridgehead atoms. The molecule has 2 aromatic carbocycles. The Morgan fingerprint density at radius 1 is 0.941 bits per heavy atom. The third kappa shape index (κ3) is 4.61. The number of nitrogens with zero attached hydrogens (tertiary/aromatic N) is 5. The standard InChI is InChI=1S/C27H27N5OS/c1-19-3-7-22(8-4-19)27-25(24-11-14-28-17-29-24)26(21-12-15-31(18-33)16-13-21)30-32(27)34-23-9-5-20(2)6-10-23/h3-11,14,17-18,21H,12-13,15-16H2,1-2H3. The van der Waals surface area contributed by atoms with Crippen LogP contribution in [0, 0.1) is 13.8 Å². The van der Waals surface area contributed by atoms with E-state index in [9.17, 15) is 4.79 Å². The molecule has 1 fully saturated rings. The molecular weight excluding hydrogens is 442 g/mol. The van der Waals surface area contributed by atoms with Crippen LogP contribution in [0.15, 0.2) is 72.0 Å². The van der Waals surface area contributed by atoms with Gasteiger partial charge in [-0.1, -0.05) is 47.5 Å². The average Bonchev–Trinajstić information content (AvgIpc) is 3.25. The van der Waals surface area contributed by atoms with Gasteiger partial charge in [-0.15, -0.1) is 0 Å². The molecule has 0 saturated carbocycles. The van der Waals surface area contributed by atoms with E-state index < -0.39 is 0 Å². The molecule has 1 saturated heterocycles. The molecule has 5 rings (SSSR count). The van der Waals surface area contributed by atoms with Crippen molar-refractivity contribution in [1.29, 1.82) is 0 Å². The van der Waals surface area contributed by atoms with Gasteiger partial charge in [-0.25, -0.2) is 14.1 Å². The van der Waals surface area contributed by atoms with Crippen LogP contribution in [0.2, 0.25) is 0 Å². The predicted molar refractivity (Wildman–Crippen MR) is 135 cm³/mol. The summed E-state index contributed by atoms with van der Waals surface area (Å²) in [5, 5.41) is 5.19. The molecule has 3 heterocycles. The Morgan fingerprint density at radius 3 is 2.24 bits per heavy atom. The number of carbonyl (C=O) groups excluding carboxylic acids is 1. The molecule has 0 atom stereocenters. The van der Waals surface area contributed by atoms with Gasteiger partial charge >= 0.3 is 0 Å². The van der Waals surface area contributed by atoms with Gasteiger partial charge in [0.1, 0.15) is 6.33 Å². The van der Waals surface area contributed by atoms with Gasteiger partial charge in [0, 0.05) is 47.6 Å². The second kappa shape index (κ2) is 9.81. The van der Waals surface area contributed by atoms with E-state index in [1.165, 1.54) is 11.1 Å². The van der Waals surface area contributed by atoms with E-state index in [0.717, 1.165) is 65.4 Å². The first-order valence-corrected chi connectivity index (χ1v) is 12.3. The summed E-state index contributed by atoms with van der Waals surface area (Å²) < 4.78 is 2.05. The average molecular weight is 470 g/mol. The highest BCUT2D eigenvalue weighted by molar-refractivity contribution is 7.97. The Morgan fingerprint density at radius 2 is 1.62 bits per heavy atom. The van der Waals surface area contributed by atoms with Crippen LogP contribution in [-0.2, 0) is 4.79 Å². The first kappa shape index (κ1) is 22.3. The lowest BCUT2D eigenvalue weighted by atomic mass is 9.89. The highest BCUT2D eigenvalue weighted by Gasteiger charge is 2.30. The highest BCUT2D eigenvalue weighted by Crippen LogP contribution is 2.42. The first-order valence-electron chi connectivity index (χ1n) is 11.5. The maximum atomic E-state index is 11.3. The van der Waals surface area contributed by atoms with Crippen molar-refractivity contribution in [2.24, 2.45) is 0 Å². The SMILES string of the molecule is Cc1ccc(Sn2nc(C3CCN(C=O)CC3)c(-c3ccncn3)c2-c2ccc(C)cc2)cc1. The Kier molecular flexibility index (Phi) is 6.45. The fourth-order valence-corrected chi connectivity index (χ4v) is 5.28. The molecule has 4 aromatic rings. The Bertz CT molecular complexity index is 1260. The van der Waals surface area contributed by atoms with Crippen molar-refractivity contribution in [2.75, 3.05) is 13.1 Å². The van der Waals surface area contributed by atoms with Crippen molar-refractivity contribution in [3.05, 3.63) is 83.9 Å². The number of piperidine rings is 1. The van der Waals surface area contributed by atoms with E-state index in [4.69, 9.17) is 5.10 Å². The maximum absolute atomic E-state index is 11.3. The number of carbonyl (C=O) groups is 1. The zero-order valence-corrected chi connectivity index (χ0v) is 20.2. The normalized spacial score (nSPS) is 14.4. The third-order valence-electron chi connectivity index (χ3n) is 6.32. The first-order chi connectivity index (χ1) is 16.6. The highest BCUT2D eigenvalue weighted by atomic mass is 32.2. The number of hydrogen-bond acceptors (Lipinski definition) is 5. The molecule has 0 N–H and O–H groups in total. The van der Waals surface area contributed by atoms with E-state index in [-0.39, 0.29) is 5.92 Å². The van der Waals surface area contributed by atoms with E-state index >= 15 is 0 Å². The lowest BCUT2D eigenvalue weighted by Gasteiger charge is -2.28. The molecule has 2 aromatic heterocycles. The largest absolute Gasteiger partial charge is 0.345 e. The number of aryl methyl sites for hydroxylation is 2. The summed E-state index contributed by atoms with van der Waals surface area (Å²) in [4.78, 5) is 23.0. The molecule has 0 aliphatic carbocycles. The van der Waals surface area contributed by atoms with Crippen molar-refractivity contribution in [3.8, 4) is 22.5 Å². The van der Waals surface area contributed by atoms with Crippen LogP contribution in [0.25, 0.3) is 22.5 Å². The monoisotopic (exact) mass is 469 g/mol. The van der Waals surface area contributed by atoms with Gasteiger partial charge in [0.2, 0.25) is 6.41 Å². The van der Waals surface area contributed by atoms with Gasteiger partial charge in [0.05, 0.1) is 22.6 Å². The van der Waals surface area contributed by atoms with Crippen molar-refractivity contribution in [2.45, 2.75) is 37.5 Å². The molecule has 1 aliphatic heterocycles. The molecule has 34 heavy (non-hydrogen) atoms. The van der Waals surface area contributed by atoms with Crippen molar-refractivity contribution < 1.29 is 4.79 Å². The zero-order valence-electron chi connectivity index (χ0n) is 19.4. The molecule has 0 radical (unpaired) electrons. The fraction of sp³-hybridized carbons (Fsp3) is 0.259. The Balaban J connectivity index is 1.68. The second-order valence-corrected chi connectivity index (χ2v) is 9.76. The predicted octanol–water partition coefficient (Wildman–Crippen LogP) is 5.52. The molecular formula is C27H27N5OS. The van der Waals surface area contributed by atoms with Gasteiger partial charge in [0.15, 0.2) is 0 Å². The molecule has 6 nitrogen and oxygen atoms in total. The van der Waals surface area contributed by atoms with Gasteiger partial charge in [-0.3, -0.25) is 4.79 Å². The van der Waals surface area contributed by atoms with Gasteiger partial charge in [-0.05, 0) is 44.9 Å². The van der Waals surface area contributed by atoms with Crippen LogP contribution < -0.4 is 0 Å². The molecule has 0 spiro atoms. The second-order valence-electron chi connectivity index (χ2n) is 8.76. The zero-order chi connectivity index (χ0) is 23.5. The Labute approximate surface area is 204 Å². The van der Waals surface area contributed by atoms with E-state index in [1.807, 2.05) is 15.1 Å². The van der Waals surface area contributed by atoms with E-state index in [1.54, 1.807) is 24.5 Å². The number of hydrogen-bond donors (Lipinski definition) is 0. The van der Waals surface area contributed by atoms with Gasteiger partial charge < -0.3 is 4.90 Å². The number of aromatic nitrogens is 4. The van der Waals surface area contributed by atoms with Crippen molar-refractivity contribution in [1.82, 2.24) is 24.1 Å². The molecule has 172 valence electrons. The van der Waals surface area contributed by atoms with Crippen LogP contribution in [0.1, 0.15) is 35.6 Å². The van der Waals surface area contributed by atoms with Crippen LogP contribution in [0.4, 0.5) is 0 Å². The third-order valence-corrected chi connectivity index (χ3v) is 7.24. The summed E-state index contributed by atoms with van der Waals surface area (Å²) in [6.45, 7) is 5.68. The van der Waals surface area contributed by atoms with E-state index in [0.29, 0.717) is 0 Å². The quantitative estimate of drug-likeness (QED) is 0.348. The number of likely N-dealkylation sites (tertiary alicyclic amines) is 1. The Hall–Kier alpha value is -3.45. The van der Waals surface area contributed by atoms with E-state index in [2.05, 4.69) is 72.3 Å². The van der Waals surface area contributed by atoms with Crippen LogP contribution >= 0.6 is 11.9 Å². The number of amides is 1. The number of benzene rings is 2.